The zero-order chi connectivity index (χ0) is 16.5. The lowest BCUT2D eigenvalue weighted by Crippen LogP contribution is -2.63. The Morgan fingerprint density at radius 3 is 2.74 bits per heavy atom. The van der Waals surface area contributed by atoms with Crippen LogP contribution in [0.15, 0.2) is 16.9 Å². The van der Waals surface area contributed by atoms with Gasteiger partial charge in [-0.25, -0.2) is 0 Å². The first-order chi connectivity index (χ1) is 10.8. The molecule has 1 aromatic heterocycles. The van der Waals surface area contributed by atoms with Gasteiger partial charge in [0.2, 0.25) is 0 Å². The molecule has 0 radical (unpaired) electrons. The van der Waals surface area contributed by atoms with E-state index >= 15 is 0 Å². The van der Waals surface area contributed by atoms with Gasteiger partial charge in [-0.1, -0.05) is 13.8 Å². The Bertz CT molecular complexity index is 650. The van der Waals surface area contributed by atoms with Crippen LogP contribution in [0.25, 0.3) is 0 Å². The SMILES string of the molecule is C[C@]12CC(=O)O[C@](C)(CO)[C@@H]1CC[C@@]1(C)c3cocc3CC[C@H]21. The number of fused-ring (bicyclic) bond motifs is 5. The summed E-state index contributed by atoms with van der Waals surface area (Å²) < 4.78 is 11.1. The number of aliphatic hydroxyl groups excluding tert-OH is 1. The number of aryl methyl sites for hydroxylation is 1. The molecule has 0 aromatic carbocycles. The molecule has 4 rings (SSSR count). The van der Waals surface area contributed by atoms with Crippen molar-refractivity contribution in [2.24, 2.45) is 17.3 Å². The predicted octanol–water partition coefficient (Wildman–Crippen LogP) is 3.21. The van der Waals surface area contributed by atoms with Crippen LogP contribution in [-0.4, -0.2) is 23.3 Å². The molecule has 1 aliphatic heterocycles. The molecule has 0 spiro atoms. The lowest BCUT2D eigenvalue weighted by atomic mass is 9.44. The largest absolute Gasteiger partial charge is 0.472 e. The van der Waals surface area contributed by atoms with Gasteiger partial charge >= 0.3 is 5.97 Å². The summed E-state index contributed by atoms with van der Waals surface area (Å²) in [4.78, 5) is 12.3. The number of cyclic esters (lactones) is 1. The quantitative estimate of drug-likeness (QED) is 0.808. The molecule has 2 heterocycles. The Labute approximate surface area is 137 Å². The van der Waals surface area contributed by atoms with E-state index in [1.807, 2.05) is 19.5 Å². The van der Waals surface area contributed by atoms with Crippen molar-refractivity contribution < 1.29 is 19.1 Å². The van der Waals surface area contributed by atoms with E-state index in [0.717, 1.165) is 25.7 Å². The normalized spacial score (nSPS) is 45.7. The fourth-order valence-electron chi connectivity index (χ4n) is 6.28. The Morgan fingerprint density at radius 2 is 2.00 bits per heavy atom. The van der Waals surface area contributed by atoms with E-state index in [1.54, 1.807) is 0 Å². The molecule has 126 valence electrons. The Balaban J connectivity index is 1.81. The van der Waals surface area contributed by atoms with Gasteiger partial charge in [0.15, 0.2) is 0 Å². The van der Waals surface area contributed by atoms with E-state index in [1.165, 1.54) is 11.1 Å². The molecule has 1 saturated carbocycles. The van der Waals surface area contributed by atoms with Gasteiger partial charge < -0.3 is 14.3 Å². The number of furan rings is 1. The molecule has 2 fully saturated rings. The van der Waals surface area contributed by atoms with Crippen molar-refractivity contribution >= 4 is 5.97 Å². The van der Waals surface area contributed by atoms with Crippen LogP contribution in [0, 0.1) is 17.3 Å². The highest BCUT2D eigenvalue weighted by Gasteiger charge is 2.63. The number of rotatable bonds is 1. The van der Waals surface area contributed by atoms with Crippen molar-refractivity contribution in [3.8, 4) is 0 Å². The molecule has 3 aliphatic rings. The molecule has 5 atom stereocenters. The van der Waals surface area contributed by atoms with E-state index in [9.17, 15) is 9.90 Å². The number of carbonyl (C=O) groups is 1. The van der Waals surface area contributed by atoms with Crippen molar-refractivity contribution in [3.63, 3.8) is 0 Å². The topological polar surface area (TPSA) is 59.7 Å². The van der Waals surface area contributed by atoms with Gasteiger partial charge in [-0.3, -0.25) is 4.79 Å². The third-order valence-corrected chi connectivity index (χ3v) is 7.30. The van der Waals surface area contributed by atoms with Gasteiger partial charge in [-0.05, 0) is 60.5 Å². The molecular weight excluding hydrogens is 292 g/mol. The molecular formula is C19H26O4. The van der Waals surface area contributed by atoms with Gasteiger partial charge in [-0.2, -0.15) is 0 Å². The summed E-state index contributed by atoms with van der Waals surface area (Å²) in [5.74, 6) is 0.462. The summed E-state index contributed by atoms with van der Waals surface area (Å²) in [7, 11) is 0. The summed E-state index contributed by atoms with van der Waals surface area (Å²) >= 11 is 0. The van der Waals surface area contributed by atoms with Crippen LogP contribution in [0.4, 0.5) is 0 Å². The van der Waals surface area contributed by atoms with Crippen LogP contribution >= 0.6 is 0 Å². The highest BCUT2D eigenvalue weighted by Crippen LogP contribution is 2.64. The first-order valence-corrected chi connectivity index (χ1v) is 8.72. The van der Waals surface area contributed by atoms with Crippen LogP contribution < -0.4 is 0 Å². The summed E-state index contributed by atoms with van der Waals surface area (Å²) in [6.07, 6.45) is 8.37. The molecule has 2 aliphatic carbocycles. The van der Waals surface area contributed by atoms with Gasteiger partial charge in [0.25, 0.3) is 0 Å². The van der Waals surface area contributed by atoms with Crippen LogP contribution in [0.5, 0.6) is 0 Å². The maximum absolute atomic E-state index is 12.3. The number of ether oxygens (including phenoxy) is 1. The van der Waals surface area contributed by atoms with E-state index in [0.29, 0.717) is 12.3 Å². The molecule has 0 amide bonds. The van der Waals surface area contributed by atoms with Crippen molar-refractivity contribution in [3.05, 3.63) is 23.7 Å². The minimum absolute atomic E-state index is 0.0554. The zero-order valence-electron chi connectivity index (χ0n) is 14.2. The molecule has 1 N–H and O–H groups in total. The molecule has 1 saturated heterocycles. The summed E-state index contributed by atoms with van der Waals surface area (Å²) in [5.41, 5.74) is 1.84. The lowest BCUT2D eigenvalue weighted by Gasteiger charge is -2.62. The third-order valence-electron chi connectivity index (χ3n) is 7.30. The lowest BCUT2D eigenvalue weighted by molar-refractivity contribution is -0.219. The average molecular weight is 318 g/mol. The van der Waals surface area contributed by atoms with E-state index in [-0.39, 0.29) is 29.3 Å². The second kappa shape index (κ2) is 4.62. The number of carbonyl (C=O) groups excluding carboxylic acids is 1. The second-order valence-electron chi connectivity index (χ2n) is 8.54. The monoisotopic (exact) mass is 318 g/mol. The molecule has 4 heteroatoms. The first kappa shape index (κ1) is 15.3. The van der Waals surface area contributed by atoms with E-state index in [4.69, 9.17) is 9.15 Å². The maximum Gasteiger partial charge on any atom is 0.306 e. The van der Waals surface area contributed by atoms with Gasteiger partial charge in [-0.15, -0.1) is 0 Å². The highest BCUT2D eigenvalue weighted by molar-refractivity contribution is 5.72. The highest BCUT2D eigenvalue weighted by atomic mass is 16.6. The van der Waals surface area contributed by atoms with Gasteiger partial charge in [0.1, 0.15) is 5.60 Å². The van der Waals surface area contributed by atoms with Crippen molar-refractivity contribution in [2.45, 2.75) is 63.9 Å². The van der Waals surface area contributed by atoms with Crippen molar-refractivity contribution in [1.29, 1.82) is 0 Å². The number of hydrogen-bond acceptors (Lipinski definition) is 4. The minimum Gasteiger partial charge on any atom is -0.472 e. The fraction of sp³-hybridized carbons (Fsp3) is 0.737. The number of hydrogen-bond donors (Lipinski definition) is 1. The number of esters is 1. The summed E-state index contributed by atoms with van der Waals surface area (Å²) in [6.45, 7) is 6.39. The zero-order valence-corrected chi connectivity index (χ0v) is 14.2. The van der Waals surface area contributed by atoms with Crippen LogP contribution in [-0.2, 0) is 21.4 Å². The molecule has 0 unspecified atom stereocenters. The molecule has 4 nitrogen and oxygen atoms in total. The molecule has 0 bridgehead atoms. The third kappa shape index (κ3) is 1.84. The maximum atomic E-state index is 12.3. The van der Waals surface area contributed by atoms with Gasteiger partial charge in [0, 0.05) is 5.92 Å². The first-order valence-electron chi connectivity index (χ1n) is 8.72. The van der Waals surface area contributed by atoms with Crippen LogP contribution in [0.1, 0.15) is 57.6 Å². The molecule has 1 aromatic rings. The number of aliphatic hydroxyl groups is 1. The fourth-order valence-corrected chi connectivity index (χ4v) is 6.28. The summed E-state index contributed by atoms with van der Waals surface area (Å²) in [5, 5.41) is 9.91. The Hall–Kier alpha value is -1.29. The standard InChI is InChI=1S/C19H26O4/c1-17-7-6-15-18(2,8-16(21)23-19(15,3)11-20)14(17)5-4-12-9-22-10-13(12)17/h9-10,14-15,20H,4-8,11H2,1-3H3/t14-,15+,17-,18+,19+/m0/s1. The molecule has 23 heavy (non-hydrogen) atoms. The summed E-state index contributed by atoms with van der Waals surface area (Å²) in [6, 6.07) is 0. The smallest absolute Gasteiger partial charge is 0.306 e. The predicted molar refractivity (Wildman–Crippen MR) is 84.9 cm³/mol. The Kier molecular flexibility index (Phi) is 3.07. The van der Waals surface area contributed by atoms with Crippen LogP contribution in [0.2, 0.25) is 0 Å². The average Bonchev–Trinajstić information content (AvgIpc) is 2.95. The minimum atomic E-state index is -0.748. The Morgan fingerprint density at radius 1 is 1.22 bits per heavy atom. The van der Waals surface area contributed by atoms with Crippen LogP contribution in [0.3, 0.4) is 0 Å². The van der Waals surface area contributed by atoms with Gasteiger partial charge in [0.05, 0.1) is 25.6 Å². The van der Waals surface area contributed by atoms with Crippen molar-refractivity contribution in [2.75, 3.05) is 6.61 Å². The van der Waals surface area contributed by atoms with Crippen molar-refractivity contribution in [1.82, 2.24) is 0 Å². The second-order valence-corrected chi connectivity index (χ2v) is 8.54. The van der Waals surface area contributed by atoms with E-state index < -0.39 is 5.60 Å². The van der Waals surface area contributed by atoms with E-state index in [2.05, 4.69) is 13.8 Å².